The van der Waals surface area contributed by atoms with Crippen molar-refractivity contribution in [2.75, 3.05) is 13.2 Å². The average molecular weight is 326 g/mol. The molecule has 0 aliphatic heterocycles. The van der Waals surface area contributed by atoms with Crippen LogP contribution >= 0.6 is 0 Å². The minimum Gasteiger partial charge on any atom is -0.480 e. The SMILES string of the molecule is CCC(COC(=O)NCCCC[C@H](N)C(=O)O)C1C=CC(C)C1. The highest BCUT2D eigenvalue weighted by Gasteiger charge is 2.24. The molecule has 0 aromatic rings. The normalized spacial score (nSPS) is 22.6. The number of hydrogen-bond donors (Lipinski definition) is 3. The number of carboxylic acids is 1. The highest BCUT2D eigenvalue weighted by atomic mass is 16.5. The summed E-state index contributed by atoms with van der Waals surface area (Å²) >= 11 is 0. The van der Waals surface area contributed by atoms with Crippen LogP contribution in [0.2, 0.25) is 0 Å². The van der Waals surface area contributed by atoms with E-state index in [1.807, 2.05) is 0 Å². The highest BCUT2D eigenvalue weighted by molar-refractivity contribution is 5.72. The molecule has 0 fully saturated rings. The number of carbonyl (C=O) groups is 2. The van der Waals surface area contributed by atoms with E-state index in [1.165, 1.54) is 0 Å². The number of rotatable bonds is 10. The number of alkyl carbamates (subject to hydrolysis) is 1. The molecule has 0 aromatic carbocycles. The molecule has 4 N–H and O–H groups in total. The molecule has 1 aliphatic rings. The van der Waals surface area contributed by atoms with Crippen molar-refractivity contribution in [2.24, 2.45) is 23.5 Å². The van der Waals surface area contributed by atoms with Crippen molar-refractivity contribution >= 4 is 12.1 Å². The Morgan fingerprint density at radius 2 is 2.13 bits per heavy atom. The van der Waals surface area contributed by atoms with E-state index in [-0.39, 0.29) is 0 Å². The summed E-state index contributed by atoms with van der Waals surface area (Å²) < 4.78 is 5.31. The van der Waals surface area contributed by atoms with Crippen molar-refractivity contribution in [3.63, 3.8) is 0 Å². The average Bonchev–Trinajstić information content (AvgIpc) is 2.93. The van der Waals surface area contributed by atoms with Gasteiger partial charge >= 0.3 is 12.1 Å². The van der Waals surface area contributed by atoms with Crippen LogP contribution < -0.4 is 11.1 Å². The Morgan fingerprint density at radius 1 is 1.39 bits per heavy atom. The largest absolute Gasteiger partial charge is 0.480 e. The molecule has 6 heteroatoms. The van der Waals surface area contributed by atoms with E-state index in [0.29, 0.717) is 50.2 Å². The topological polar surface area (TPSA) is 102 Å². The number of carboxylic acid groups (broad SMARTS) is 1. The summed E-state index contributed by atoms with van der Waals surface area (Å²) in [5.74, 6) is 0.495. The Kier molecular flexibility index (Phi) is 8.69. The summed E-state index contributed by atoms with van der Waals surface area (Å²) in [6.07, 6.45) is 7.96. The number of nitrogens with one attached hydrogen (secondary N) is 1. The van der Waals surface area contributed by atoms with Crippen molar-refractivity contribution in [3.8, 4) is 0 Å². The third-order valence-electron chi connectivity index (χ3n) is 4.42. The summed E-state index contributed by atoms with van der Waals surface area (Å²) in [6, 6.07) is -0.825. The second-order valence-corrected chi connectivity index (χ2v) is 6.40. The Morgan fingerprint density at radius 3 is 2.70 bits per heavy atom. The molecular weight excluding hydrogens is 296 g/mol. The summed E-state index contributed by atoms with van der Waals surface area (Å²) in [6.45, 7) is 5.23. The van der Waals surface area contributed by atoms with Crippen LogP contribution in [0.4, 0.5) is 4.79 Å². The zero-order valence-corrected chi connectivity index (χ0v) is 14.2. The van der Waals surface area contributed by atoms with Gasteiger partial charge in [-0.25, -0.2) is 4.79 Å². The fraction of sp³-hybridized carbons (Fsp3) is 0.765. The van der Waals surface area contributed by atoms with Gasteiger partial charge in [0.2, 0.25) is 0 Å². The zero-order valence-electron chi connectivity index (χ0n) is 14.2. The smallest absolute Gasteiger partial charge is 0.407 e. The third kappa shape index (κ3) is 7.50. The standard InChI is InChI=1S/C17H30N2O4/c1-3-13(14-8-7-12(2)10-14)11-23-17(22)19-9-5-4-6-15(18)16(20)21/h7-8,12-15H,3-6,9-11,18H2,1-2H3,(H,19,22)(H,20,21)/t12?,13?,14?,15-/m0/s1. The lowest BCUT2D eigenvalue weighted by atomic mass is 9.89. The monoisotopic (exact) mass is 326 g/mol. The molecule has 0 aromatic heterocycles. The van der Waals surface area contributed by atoms with Crippen LogP contribution in [-0.2, 0) is 9.53 Å². The Hall–Kier alpha value is -1.56. The molecule has 0 saturated heterocycles. The fourth-order valence-electron chi connectivity index (χ4n) is 2.85. The molecule has 0 saturated carbocycles. The Labute approximate surface area is 138 Å². The summed E-state index contributed by atoms with van der Waals surface area (Å²) in [4.78, 5) is 22.2. The first-order valence-electron chi connectivity index (χ1n) is 8.51. The second kappa shape index (κ2) is 10.3. The lowest BCUT2D eigenvalue weighted by Crippen LogP contribution is -2.31. The number of aliphatic carboxylic acids is 1. The second-order valence-electron chi connectivity index (χ2n) is 6.40. The van der Waals surface area contributed by atoms with Crippen molar-refractivity contribution in [1.82, 2.24) is 5.32 Å². The molecule has 0 radical (unpaired) electrons. The van der Waals surface area contributed by atoms with Gasteiger partial charge in [0.15, 0.2) is 0 Å². The maximum atomic E-state index is 11.7. The van der Waals surface area contributed by atoms with E-state index in [9.17, 15) is 9.59 Å². The minimum absolute atomic E-state index is 0.371. The fourth-order valence-corrected chi connectivity index (χ4v) is 2.85. The molecule has 0 spiro atoms. The van der Waals surface area contributed by atoms with Crippen molar-refractivity contribution < 1.29 is 19.4 Å². The number of amides is 1. The maximum Gasteiger partial charge on any atom is 0.407 e. The predicted molar refractivity (Wildman–Crippen MR) is 89.0 cm³/mol. The van der Waals surface area contributed by atoms with Crippen LogP contribution in [-0.4, -0.2) is 36.4 Å². The van der Waals surface area contributed by atoms with Crippen LogP contribution in [0, 0.1) is 17.8 Å². The number of ether oxygens (including phenoxy) is 1. The van der Waals surface area contributed by atoms with Crippen LogP contribution in [0.1, 0.15) is 46.0 Å². The number of carbonyl (C=O) groups excluding carboxylic acids is 1. The molecule has 0 bridgehead atoms. The molecule has 1 rings (SSSR count). The number of unbranched alkanes of at least 4 members (excludes halogenated alkanes) is 1. The maximum absolute atomic E-state index is 11.7. The van der Waals surface area contributed by atoms with Gasteiger partial charge in [-0.1, -0.05) is 26.0 Å². The first-order chi connectivity index (χ1) is 10.9. The first kappa shape index (κ1) is 19.5. The van der Waals surface area contributed by atoms with Crippen LogP contribution in [0.5, 0.6) is 0 Å². The van der Waals surface area contributed by atoms with Gasteiger partial charge in [-0.15, -0.1) is 0 Å². The molecule has 1 aliphatic carbocycles. The Bertz CT molecular complexity index is 411. The van der Waals surface area contributed by atoms with Gasteiger partial charge in [0.25, 0.3) is 0 Å². The minimum atomic E-state index is -0.988. The van der Waals surface area contributed by atoms with E-state index in [2.05, 4.69) is 31.3 Å². The lowest BCUT2D eigenvalue weighted by molar-refractivity contribution is -0.138. The van der Waals surface area contributed by atoms with E-state index in [1.54, 1.807) is 0 Å². The molecular formula is C17H30N2O4. The summed E-state index contributed by atoms with van der Waals surface area (Å²) in [5.41, 5.74) is 5.41. The first-order valence-corrected chi connectivity index (χ1v) is 8.51. The molecule has 3 unspecified atom stereocenters. The number of allylic oxidation sites excluding steroid dienone is 2. The third-order valence-corrected chi connectivity index (χ3v) is 4.42. The molecule has 0 heterocycles. The van der Waals surface area contributed by atoms with Crippen molar-refractivity contribution in [3.05, 3.63) is 12.2 Å². The van der Waals surface area contributed by atoms with Gasteiger partial charge in [0.05, 0.1) is 6.61 Å². The number of hydrogen-bond acceptors (Lipinski definition) is 4. The van der Waals surface area contributed by atoms with E-state index in [0.717, 1.165) is 12.8 Å². The Balaban J connectivity index is 2.11. The molecule has 4 atom stereocenters. The lowest BCUT2D eigenvalue weighted by Gasteiger charge is -2.21. The van der Waals surface area contributed by atoms with Crippen LogP contribution in [0.3, 0.4) is 0 Å². The van der Waals surface area contributed by atoms with Gasteiger partial charge in [-0.2, -0.15) is 0 Å². The van der Waals surface area contributed by atoms with Gasteiger partial charge in [0.1, 0.15) is 6.04 Å². The van der Waals surface area contributed by atoms with Gasteiger partial charge < -0.3 is 20.9 Å². The molecule has 6 nitrogen and oxygen atoms in total. The van der Waals surface area contributed by atoms with E-state index in [4.69, 9.17) is 15.6 Å². The van der Waals surface area contributed by atoms with Crippen LogP contribution in [0.25, 0.3) is 0 Å². The molecule has 1 amide bonds. The molecule has 132 valence electrons. The predicted octanol–water partition coefficient (Wildman–Crippen LogP) is 2.53. The van der Waals surface area contributed by atoms with Crippen LogP contribution in [0.15, 0.2) is 12.2 Å². The zero-order chi connectivity index (χ0) is 17.2. The van der Waals surface area contributed by atoms with Crippen molar-refractivity contribution in [1.29, 1.82) is 0 Å². The number of nitrogens with two attached hydrogens (primary N) is 1. The van der Waals surface area contributed by atoms with E-state index < -0.39 is 18.1 Å². The quantitative estimate of drug-likeness (QED) is 0.423. The van der Waals surface area contributed by atoms with Gasteiger partial charge in [0, 0.05) is 6.54 Å². The van der Waals surface area contributed by atoms with Gasteiger partial charge in [-0.05, 0) is 49.9 Å². The van der Waals surface area contributed by atoms with Gasteiger partial charge in [-0.3, -0.25) is 4.79 Å². The van der Waals surface area contributed by atoms with E-state index >= 15 is 0 Å². The summed E-state index contributed by atoms with van der Waals surface area (Å²) in [7, 11) is 0. The molecule has 23 heavy (non-hydrogen) atoms. The van der Waals surface area contributed by atoms with Crippen molar-refractivity contribution in [2.45, 2.75) is 52.0 Å². The summed E-state index contributed by atoms with van der Waals surface area (Å²) in [5, 5.41) is 11.4. The highest BCUT2D eigenvalue weighted by Crippen LogP contribution is 2.31.